The van der Waals surface area contributed by atoms with Crippen LogP contribution in [0.1, 0.15) is 73.6 Å². The first-order chi connectivity index (χ1) is 30.3. The molecule has 0 aliphatic heterocycles. The van der Waals surface area contributed by atoms with Crippen molar-refractivity contribution < 1.29 is 19.2 Å². The van der Waals surface area contributed by atoms with Gasteiger partial charge in [-0.15, -0.1) is 0 Å². The number of aromatic nitrogens is 6. The highest BCUT2D eigenvalue weighted by molar-refractivity contribution is 6.03. The molecule has 330 valence electrons. The third-order valence-electron chi connectivity index (χ3n) is 11.1. The Hall–Kier alpha value is -7.90. The number of rotatable bonds is 12. The maximum atomic E-state index is 13.7. The highest BCUT2D eigenvalue weighted by Crippen LogP contribution is 2.16. The van der Waals surface area contributed by atoms with Crippen molar-refractivity contribution in [3.63, 3.8) is 0 Å². The van der Waals surface area contributed by atoms with Crippen molar-refractivity contribution in [1.82, 2.24) is 39.1 Å². The van der Waals surface area contributed by atoms with E-state index in [4.69, 9.17) is 0 Å². The minimum absolute atomic E-state index is 0.199. The fraction of sp³-hybridized carbons (Fsp3) is 0.318. The summed E-state index contributed by atoms with van der Waals surface area (Å²) in [6.07, 6.45) is 2.69. The smallest absolute Gasteiger partial charge is 0.280 e. The molecule has 2 unspecified atom stereocenters. The minimum Gasteiger partial charge on any atom is -0.340 e. The first kappa shape index (κ1) is 44.2. The van der Waals surface area contributed by atoms with E-state index >= 15 is 0 Å². The van der Waals surface area contributed by atoms with Gasteiger partial charge in [-0.3, -0.25) is 58.8 Å². The SMILES string of the molecule is CCn1cc(C(=O)NC(C(=O)Nn2c(=O)c3cc4c(=O)n(NC(=O)C(NC(=O)c5cn(CC)c6nc(C)ccc6c5=O)C(C)C)c(=O)c4cc3c2=O)C(C)C)c(=O)c2ccc(C)nc21. The molecule has 20 heteroatoms. The third kappa shape index (κ3) is 7.55. The topological polar surface area (TPSA) is 264 Å². The predicted molar refractivity (Wildman–Crippen MR) is 239 cm³/mol. The molecule has 0 aliphatic rings. The van der Waals surface area contributed by atoms with Crippen LogP contribution in [0.25, 0.3) is 43.6 Å². The minimum atomic E-state index is -1.35. The van der Waals surface area contributed by atoms with Crippen LogP contribution in [-0.2, 0) is 22.7 Å². The van der Waals surface area contributed by atoms with Crippen LogP contribution in [-0.4, -0.2) is 64.2 Å². The van der Waals surface area contributed by atoms with Crippen molar-refractivity contribution in [1.29, 1.82) is 0 Å². The molecule has 7 aromatic rings. The molecule has 0 radical (unpaired) electrons. The lowest BCUT2D eigenvalue weighted by Crippen LogP contribution is -2.52. The fourth-order valence-electron chi connectivity index (χ4n) is 7.57. The number of amides is 4. The van der Waals surface area contributed by atoms with Crippen molar-refractivity contribution in [2.75, 3.05) is 10.9 Å². The number of nitrogens with one attached hydrogen (secondary N) is 4. The van der Waals surface area contributed by atoms with Crippen LogP contribution in [0.2, 0.25) is 0 Å². The van der Waals surface area contributed by atoms with Gasteiger partial charge in [-0.05, 0) is 75.9 Å². The summed E-state index contributed by atoms with van der Waals surface area (Å²) in [5.74, 6) is -4.93. The molecule has 0 bridgehead atoms. The molecule has 2 atom stereocenters. The zero-order chi connectivity index (χ0) is 46.6. The van der Waals surface area contributed by atoms with Crippen molar-refractivity contribution in [3.8, 4) is 0 Å². The number of benzene rings is 1. The number of hydrogen-bond donors (Lipinski definition) is 4. The Balaban J connectivity index is 1.14. The number of pyridine rings is 4. The van der Waals surface area contributed by atoms with E-state index in [0.29, 0.717) is 45.1 Å². The van der Waals surface area contributed by atoms with Crippen molar-refractivity contribution >= 4 is 67.2 Å². The molecular formula is C44H44N10O10. The largest absolute Gasteiger partial charge is 0.340 e. The van der Waals surface area contributed by atoms with Crippen LogP contribution in [0, 0.1) is 25.7 Å². The van der Waals surface area contributed by atoms with E-state index in [0.717, 1.165) is 12.1 Å². The molecule has 20 nitrogen and oxygen atoms in total. The maximum Gasteiger partial charge on any atom is 0.280 e. The second-order valence-electron chi connectivity index (χ2n) is 16.1. The van der Waals surface area contributed by atoms with Crippen LogP contribution in [0.4, 0.5) is 0 Å². The quantitative estimate of drug-likeness (QED) is 0.134. The third-order valence-corrected chi connectivity index (χ3v) is 11.1. The summed E-state index contributed by atoms with van der Waals surface area (Å²) < 4.78 is 4.04. The van der Waals surface area contributed by atoms with Crippen molar-refractivity contribution in [2.24, 2.45) is 11.8 Å². The van der Waals surface area contributed by atoms with Crippen LogP contribution in [0.15, 0.2) is 77.6 Å². The van der Waals surface area contributed by atoms with Crippen molar-refractivity contribution in [3.05, 3.63) is 133 Å². The second-order valence-corrected chi connectivity index (χ2v) is 16.1. The Morgan fingerprint density at radius 3 is 1.16 bits per heavy atom. The number of carbonyl (C=O) groups excluding carboxylic acids is 4. The molecule has 4 N–H and O–H groups in total. The lowest BCUT2D eigenvalue weighted by Gasteiger charge is -2.22. The highest BCUT2D eigenvalue weighted by Gasteiger charge is 2.31. The standard InChI is InChI=1S/C44H44N10O10/c1-9-51-17-29(33(55)23-13-11-21(7)45-35(23)51)37(57)47-31(19(3)4)39(59)49-53-41(61)25-15-27-28(16-26(25)42(53)62)44(64)54(43(27)63)50-40(60)32(20(5)6)48-38(58)30-18-52(10-2)36-24(34(30)56)14-12-22(8)46-36/h11-20,31-32H,9-10H2,1-8H3,(H,47,57)(H,48,58)(H,49,59)(H,50,60). The average Bonchev–Trinajstić information content (AvgIpc) is 3.62. The lowest BCUT2D eigenvalue weighted by molar-refractivity contribution is -0.120. The zero-order valence-corrected chi connectivity index (χ0v) is 36.1. The maximum absolute atomic E-state index is 13.7. The Kier molecular flexibility index (Phi) is 11.6. The summed E-state index contributed by atoms with van der Waals surface area (Å²) in [7, 11) is 0. The van der Waals surface area contributed by atoms with Gasteiger partial charge in [0.2, 0.25) is 10.9 Å². The monoisotopic (exact) mass is 872 g/mol. The van der Waals surface area contributed by atoms with Gasteiger partial charge < -0.3 is 19.8 Å². The number of nitrogens with zero attached hydrogens (tertiary/aromatic N) is 6. The van der Waals surface area contributed by atoms with Gasteiger partial charge in [0, 0.05) is 36.9 Å². The van der Waals surface area contributed by atoms with E-state index in [1.54, 1.807) is 74.9 Å². The normalized spacial score (nSPS) is 12.7. The Morgan fingerprint density at radius 2 is 0.859 bits per heavy atom. The van der Waals surface area contributed by atoms with E-state index in [1.807, 2.05) is 13.8 Å². The van der Waals surface area contributed by atoms with E-state index in [-0.39, 0.29) is 43.4 Å². The molecule has 0 fully saturated rings. The van der Waals surface area contributed by atoms with Gasteiger partial charge in [0.25, 0.3) is 45.9 Å². The number of hydrogen-bond acceptors (Lipinski definition) is 12. The summed E-state index contributed by atoms with van der Waals surface area (Å²) in [5, 5.41) is 4.12. The molecule has 6 aromatic heterocycles. The van der Waals surface area contributed by atoms with E-state index in [1.165, 1.54) is 12.4 Å². The Morgan fingerprint density at radius 1 is 0.531 bits per heavy atom. The summed E-state index contributed by atoms with van der Waals surface area (Å²) in [6.45, 7) is 14.3. The van der Waals surface area contributed by atoms with E-state index in [9.17, 15) is 47.9 Å². The first-order valence-electron chi connectivity index (χ1n) is 20.5. The molecule has 6 heterocycles. The van der Waals surface area contributed by atoms with Gasteiger partial charge in [-0.2, -0.15) is 9.35 Å². The van der Waals surface area contributed by atoms with Gasteiger partial charge >= 0.3 is 0 Å². The summed E-state index contributed by atoms with van der Waals surface area (Å²) in [6, 6.07) is 5.68. The van der Waals surface area contributed by atoms with Gasteiger partial charge in [-0.1, -0.05) is 27.7 Å². The van der Waals surface area contributed by atoms with Crippen molar-refractivity contribution in [2.45, 2.75) is 80.6 Å². The molecule has 64 heavy (non-hydrogen) atoms. The van der Waals surface area contributed by atoms with E-state index in [2.05, 4.69) is 31.5 Å². The Bertz CT molecular complexity index is 3170. The summed E-state index contributed by atoms with van der Waals surface area (Å²) >= 11 is 0. The van der Waals surface area contributed by atoms with Crippen LogP contribution in [0.5, 0.6) is 0 Å². The summed E-state index contributed by atoms with van der Waals surface area (Å²) in [5.41, 5.74) is 0.624. The van der Waals surface area contributed by atoms with Gasteiger partial charge in [0.15, 0.2) is 0 Å². The van der Waals surface area contributed by atoms with Gasteiger partial charge in [0.1, 0.15) is 34.5 Å². The highest BCUT2D eigenvalue weighted by atomic mass is 16.2. The van der Waals surface area contributed by atoms with Crippen LogP contribution >= 0.6 is 0 Å². The molecule has 1 aromatic carbocycles. The molecule has 0 aliphatic carbocycles. The summed E-state index contributed by atoms with van der Waals surface area (Å²) in [4.78, 5) is 144. The van der Waals surface area contributed by atoms with Gasteiger partial charge in [0.05, 0.1) is 32.3 Å². The predicted octanol–water partition coefficient (Wildman–Crippen LogP) is 1.04. The fourth-order valence-corrected chi connectivity index (χ4v) is 7.57. The van der Waals surface area contributed by atoms with Crippen LogP contribution in [0.3, 0.4) is 0 Å². The number of aryl methyl sites for hydroxylation is 4. The second kappa shape index (κ2) is 16.8. The van der Waals surface area contributed by atoms with Gasteiger partial charge in [-0.25, -0.2) is 9.97 Å². The molecule has 4 amide bonds. The molecule has 7 rings (SSSR count). The Labute approximate surface area is 361 Å². The lowest BCUT2D eigenvalue weighted by atomic mass is 10.0. The molecule has 0 saturated heterocycles. The number of fused-ring (bicyclic) bond motifs is 4. The van der Waals surface area contributed by atoms with Crippen LogP contribution < -0.4 is 54.6 Å². The first-order valence-corrected chi connectivity index (χ1v) is 20.5. The average molecular weight is 873 g/mol. The molecule has 0 spiro atoms. The molecular weight excluding hydrogens is 829 g/mol. The number of carbonyl (C=O) groups is 4. The molecule has 0 saturated carbocycles. The van der Waals surface area contributed by atoms with E-state index < -0.39 is 80.6 Å². The zero-order valence-electron chi connectivity index (χ0n) is 36.1.